The molecule has 26 heavy (non-hydrogen) atoms. The van der Waals surface area contributed by atoms with E-state index in [9.17, 15) is 0 Å². The lowest BCUT2D eigenvalue weighted by atomic mass is 9.79. The van der Waals surface area contributed by atoms with Gasteiger partial charge in [-0.2, -0.15) is 0 Å². The molecule has 0 unspecified atom stereocenters. The van der Waals surface area contributed by atoms with Gasteiger partial charge in [-0.05, 0) is 51.6 Å². The number of rotatable bonds is 6. The van der Waals surface area contributed by atoms with E-state index in [1.807, 2.05) is 7.05 Å². The van der Waals surface area contributed by atoms with Crippen LogP contribution in [0.2, 0.25) is 0 Å². The van der Waals surface area contributed by atoms with E-state index in [2.05, 4.69) is 26.6 Å². The van der Waals surface area contributed by atoms with Crippen LogP contribution in [0.5, 0.6) is 0 Å². The summed E-state index contributed by atoms with van der Waals surface area (Å²) in [4.78, 5) is 7.26. The molecule has 0 radical (unpaired) electrons. The highest BCUT2D eigenvalue weighted by molar-refractivity contribution is 5.79. The molecule has 5 heteroatoms. The molecule has 3 rings (SSSR count). The van der Waals surface area contributed by atoms with Crippen LogP contribution < -0.4 is 10.6 Å². The van der Waals surface area contributed by atoms with Crippen LogP contribution in [0.15, 0.2) is 16.6 Å². The predicted molar refractivity (Wildman–Crippen MR) is 109 cm³/mol. The number of hydrogen-bond donors (Lipinski definition) is 2. The molecule has 0 bridgehead atoms. The van der Waals surface area contributed by atoms with Crippen LogP contribution in [0.1, 0.15) is 64.2 Å². The average Bonchev–Trinajstić information content (AvgIpc) is 2.72. The second kappa shape index (κ2) is 10.3. The fourth-order valence-electron chi connectivity index (χ4n) is 4.79. The first kappa shape index (κ1) is 19.7. The lowest BCUT2D eigenvalue weighted by Gasteiger charge is -2.48. The molecule has 0 atom stereocenters. The number of likely N-dealkylation sites (tertiary alicyclic amines) is 1. The lowest BCUT2D eigenvalue weighted by Crippen LogP contribution is -2.59. The van der Waals surface area contributed by atoms with E-state index in [0.717, 1.165) is 45.1 Å². The zero-order valence-electron chi connectivity index (χ0n) is 16.7. The highest BCUT2D eigenvalue weighted by Crippen LogP contribution is 2.35. The summed E-state index contributed by atoms with van der Waals surface area (Å²) in [6, 6.07) is 0. The molecule has 2 heterocycles. The van der Waals surface area contributed by atoms with Crippen molar-refractivity contribution in [3.63, 3.8) is 0 Å². The Labute approximate surface area is 159 Å². The van der Waals surface area contributed by atoms with Crippen LogP contribution in [-0.2, 0) is 4.74 Å². The first-order valence-corrected chi connectivity index (χ1v) is 10.8. The summed E-state index contributed by atoms with van der Waals surface area (Å²) in [5, 5.41) is 7.18. The molecule has 2 fully saturated rings. The summed E-state index contributed by atoms with van der Waals surface area (Å²) >= 11 is 0. The predicted octanol–water partition coefficient (Wildman–Crippen LogP) is 3.08. The van der Waals surface area contributed by atoms with Gasteiger partial charge in [0, 0.05) is 25.7 Å². The van der Waals surface area contributed by atoms with E-state index in [1.54, 1.807) is 0 Å². The monoisotopic (exact) mass is 362 g/mol. The van der Waals surface area contributed by atoms with E-state index < -0.39 is 0 Å². The highest BCUT2D eigenvalue weighted by Gasteiger charge is 2.38. The Morgan fingerprint density at radius 1 is 1.12 bits per heavy atom. The Morgan fingerprint density at radius 2 is 1.88 bits per heavy atom. The molecule has 0 amide bonds. The van der Waals surface area contributed by atoms with Gasteiger partial charge in [-0.3, -0.25) is 9.89 Å². The van der Waals surface area contributed by atoms with E-state index in [0.29, 0.717) is 5.54 Å². The maximum Gasteiger partial charge on any atom is 0.191 e. The van der Waals surface area contributed by atoms with E-state index in [1.165, 1.54) is 70.0 Å². The Bertz CT molecular complexity index is 476. The number of guanidine groups is 1. The smallest absolute Gasteiger partial charge is 0.191 e. The minimum Gasteiger partial charge on any atom is -0.377 e. The standard InChI is InChI=1S/C21H38N4O/c1-22-20(23-13-8-19-9-16-26-17-10-19)24-18-21(11-4-2-5-12-21)25-14-6-3-7-15-25/h9H,2-8,10-18H2,1H3,(H2,22,23,24). The number of aliphatic imine (C=N–C) groups is 1. The SMILES string of the molecule is CN=C(NCCC1=CCOCC1)NCC1(N2CCCCC2)CCCCC1. The molecule has 2 aliphatic heterocycles. The summed E-state index contributed by atoms with van der Waals surface area (Å²) < 4.78 is 5.39. The van der Waals surface area contributed by atoms with Gasteiger partial charge in [0.1, 0.15) is 0 Å². The molecule has 148 valence electrons. The quantitative estimate of drug-likeness (QED) is 0.433. The third-order valence-corrected chi connectivity index (χ3v) is 6.42. The molecular formula is C21H38N4O. The molecular weight excluding hydrogens is 324 g/mol. The number of nitrogens with one attached hydrogen (secondary N) is 2. The molecule has 2 N–H and O–H groups in total. The summed E-state index contributed by atoms with van der Waals surface area (Å²) in [5.41, 5.74) is 1.86. The Kier molecular flexibility index (Phi) is 7.81. The summed E-state index contributed by atoms with van der Waals surface area (Å²) in [7, 11) is 1.89. The molecule has 0 spiro atoms. The first-order chi connectivity index (χ1) is 12.8. The number of ether oxygens (including phenoxy) is 1. The van der Waals surface area contributed by atoms with Crippen molar-refractivity contribution in [3.05, 3.63) is 11.6 Å². The second-order valence-electron chi connectivity index (χ2n) is 8.12. The maximum absolute atomic E-state index is 5.39. The van der Waals surface area contributed by atoms with Crippen molar-refractivity contribution in [1.29, 1.82) is 0 Å². The van der Waals surface area contributed by atoms with Crippen molar-refractivity contribution in [2.24, 2.45) is 4.99 Å². The minimum atomic E-state index is 0.347. The van der Waals surface area contributed by atoms with Gasteiger partial charge in [-0.1, -0.05) is 37.3 Å². The van der Waals surface area contributed by atoms with Crippen molar-refractivity contribution in [1.82, 2.24) is 15.5 Å². The summed E-state index contributed by atoms with van der Waals surface area (Å²) in [5.74, 6) is 0.958. The van der Waals surface area contributed by atoms with Crippen LogP contribution in [-0.4, -0.2) is 62.8 Å². The Morgan fingerprint density at radius 3 is 2.58 bits per heavy atom. The van der Waals surface area contributed by atoms with Crippen LogP contribution in [0.25, 0.3) is 0 Å². The van der Waals surface area contributed by atoms with Crippen LogP contribution in [0.3, 0.4) is 0 Å². The maximum atomic E-state index is 5.39. The third-order valence-electron chi connectivity index (χ3n) is 6.42. The normalized spacial score (nSPS) is 24.8. The van der Waals surface area contributed by atoms with Gasteiger partial charge in [0.05, 0.1) is 13.2 Å². The molecule has 0 aromatic heterocycles. The lowest BCUT2D eigenvalue weighted by molar-refractivity contribution is 0.0368. The van der Waals surface area contributed by atoms with Gasteiger partial charge >= 0.3 is 0 Å². The van der Waals surface area contributed by atoms with Gasteiger partial charge < -0.3 is 15.4 Å². The van der Waals surface area contributed by atoms with E-state index >= 15 is 0 Å². The largest absolute Gasteiger partial charge is 0.377 e. The van der Waals surface area contributed by atoms with Crippen molar-refractivity contribution in [3.8, 4) is 0 Å². The Hall–Kier alpha value is -1.07. The van der Waals surface area contributed by atoms with Gasteiger partial charge in [0.2, 0.25) is 0 Å². The average molecular weight is 363 g/mol. The molecule has 5 nitrogen and oxygen atoms in total. The number of nitrogens with zero attached hydrogens (tertiary/aromatic N) is 2. The van der Waals surface area contributed by atoms with Crippen LogP contribution in [0, 0.1) is 0 Å². The van der Waals surface area contributed by atoms with Gasteiger partial charge in [0.25, 0.3) is 0 Å². The number of piperidine rings is 1. The third kappa shape index (κ3) is 5.46. The molecule has 1 saturated heterocycles. The second-order valence-corrected chi connectivity index (χ2v) is 8.12. The summed E-state index contributed by atoms with van der Waals surface area (Å²) in [6.07, 6.45) is 15.4. The van der Waals surface area contributed by atoms with E-state index in [4.69, 9.17) is 4.74 Å². The van der Waals surface area contributed by atoms with Crippen molar-refractivity contribution >= 4 is 5.96 Å². The van der Waals surface area contributed by atoms with Gasteiger partial charge in [-0.15, -0.1) is 0 Å². The van der Waals surface area contributed by atoms with Crippen molar-refractivity contribution < 1.29 is 4.74 Å². The highest BCUT2D eigenvalue weighted by atomic mass is 16.5. The molecule has 3 aliphatic rings. The fourth-order valence-corrected chi connectivity index (χ4v) is 4.79. The van der Waals surface area contributed by atoms with Crippen LogP contribution in [0.4, 0.5) is 0 Å². The molecule has 1 saturated carbocycles. The zero-order chi connectivity index (χ0) is 18.1. The van der Waals surface area contributed by atoms with Gasteiger partial charge in [-0.25, -0.2) is 0 Å². The zero-order valence-corrected chi connectivity index (χ0v) is 16.7. The topological polar surface area (TPSA) is 48.9 Å². The number of hydrogen-bond acceptors (Lipinski definition) is 3. The van der Waals surface area contributed by atoms with E-state index in [-0.39, 0.29) is 0 Å². The van der Waals surface area contributed by atoms with Crippen LogP contribution >= 0.6 is 0 Å². The Balaban J connectivity index is 1.49. The van der Waals surface area contributed by atoms with Gasteiger partial charge in [0.15, 0.2) is 5.96 Å². The molecule has 0 aromatic rings. The fraction of sp³-hybridized carbons (Fsp3) is 0.857. The summed E-state index contributed by atoms with van der Waals surface area (Å²) in [6.45, 7) is 6.19. The van der Waals surface area contributed by atoms with Crippen molar-refractivity contribution in [2.45, 2.75) is 69.7 Å². The molecule has 0 aromatic carbocycles. The van der Waals surface area contributed by atoms with Crippen molar-refractivity contribution in [2.75, 3.05) is 46.4 Å². The molecule has 1 aliphatic carbocycles. The first-order valence-electron chi connectivity index (χ1n) is 10.8. The minimum absolute atomic E-state index is 0.347.